The van der Waals surface area contributed by atoms with Crippen LogP contribution in [0.1, 0.15) is 56.7 Å². The van der Waals surface area contributed by atoms with Crippen LogP contribution in [0, 0.1) is 0 Å². The highest BCUT2D eigenvalue weighted by Gasteiger charge is 2.33. The lowest BCUT2D eigenvalue weighted by molar-refractivity contribution is -0.125. The molecule has 1 saturated carbocycles. The van der Waals surface area contributed by atoms with Gasteiger partial charge in [0.2, 0.25) is 17.7 Å². The van der Waals surface area contributed by atoms with E-state index in [1.807, 2.05) is 178 Å². The van der Waals surface area contributed by atoms with E-state index in [0.717, 1.165) is 106 Å². The predicted octanol–water partition coefficient (Wildman–Crippen LogP) is 12.3. The van der Waals surface area contributed by atoms with Gasteiger partial charge in [0.25, 0.3) is 0 Å². The summed E-state index contributed by atoms with van der Waals surface area (Å²) in [7, 11) is 0. The van der Waals surface area contributed by atoms with E-state index in [2.05, 4.69) is 55.0 Å². The molecule has 492 valence electrons. The third-order valence-electron chi connectivity index (χ3n) is 17.4. The number of anilines is 3. The first-order chi connectivity index (χ1) is 47.9. The first-order valence-electron chi connectivity index (χ1n) is 32.1. The van der Waals surface area contributed by atoms with Crippen LogP contribution in [-0.2, 0) is 14.4 Å². The molecule has 0 bridgehead atoms. The van der Waals surface area contributed by atoms with Crippen LogP contribution < -0.4 is 36.7 Å². The summed E-state index contributed by atoms with van der Waals surface area (Å²) in [5.74, 6) is 5.38. The van der Waals surface area contributed by atoms with Crippen LogP contribution in [0.4, 0.5) is 17.5 Å². The SMILES string of the molecule is C=CC(=O)N1CCC(n2nc(-c3ccc(Oc4ccccc4)cc3)c3c(N)ncnc32)C1.C=CC(=O)N1CCC(n2nc(-c3ccc(Oc4ccccc4)cc3)c3c(N)ncnc32)C1.C=CC(=O)NC1CCC(n2nc(-c3ccc(Oc4ccccc4)cc3)c3c(N)ncnc32)CC1. The minimum absolute atomic E-state index is 0.00476. The molecule has 8 heterocycles. The molecule has 24 heteroatoms. The van der Waals surface area contributed by atoms with Gasteiger partial charge in [-0.25, -0.2) is 43.9 Å². The Labute approximate surface area is 563 Å². The first-order valence-corrected chi connectivity index (χ1v) is 32.1. The minimum atomic E-state index is -0.129. The maximum Gasteiger partial charge on any atom is 0.246 e. The van der Waals surface area contributed by atoms with Gasteiger partial charge in [0.1, 0.15) is 88.0 Å². The third-order valence-corrected chi connectivity index (χ3v) is 17.4. The Morgan fingerprint density at radius 2 is 0.714 bits per heavy atom. The molecular formula is C74H70N18O6. The van der Waals surface area contributed by atoms with E-state index in [-0.39, 0.29) is 41.9 Å². The van der Waals surface area contributed by atoms with E-state index < -0.39 is 0 Å². The van der Waals surface area contributed by atoms with Crippen molar-refractivity contribution in [1.29, 1.82) is 0 Å². The van der Waals surface area contributed by atoms with E-state index in [1.165, 1.54) is 37.2 Å². The fourth-order valence-corrected chi connectivity index (χ4v) is 12.5. The van der Waals surface area contributed by atoms with E-state index in [9.17, 15) is 14.4 Å². The molecular weight excluding hydrogens is 1240 g/mol. The fourth-order valence-electron chi connectivity index (χ4n) is 12.5. The number of para-hydroxylation sites is 3. The molecule has 6 aromatic heterocycles. The van der Waals surface area contributed by atoms with Crippen LogP contribution in [0.15, 0.2) is 221 Å². The third kappa shape index (κ3) is 14.0. The molecule has 2 aliphatic heterocycles. The van der Waals surface area contributed by atoms with E-state index >= 15 is 0 Å². The molecule has 0 spiro atoms. The van der Waals surface area contributed by atoms with Gasteiger partial charge >= 0.3 is 0 Å². The number of carbonyl (C=O) groups is 3. The van der Waals surface area contributed by atoms with Crippen molar-refractivity contribution in [3.63, 3.8) is 0 Å². The number of amides is 3. The average molecular weight is 1310 g/mol. The van der Waals surface area contributed by atoms with Crippen LogP contribution in [0.3, 0.4) is 0 Å². The van der Waals surface area contributed by atoms with Gasteiger partial charge in [-0.1, -0.05) is 74.3 Å². The number of ether oxygens (including phenoxy) is 3. The Morgan fingerprint density at radius 3 is 1.03 bits per heavy atom. The van der Waals surface area contributed by atoms with Crippen molar-refractivity contribution in [2.24, 2.45) is 0 Å². The van der Waals surface area contributed by atoms with Crippen LogP contribution in [0.25, 0.3) is 66.9 Å². The molecule has 24 nitrogen and oxygen atoms in total. The molecule has 3 aliphatic rings. The van der Waals surface area contributed by atoms with E-state index in [0.29, 0.717) is 77.1 Å². The smallest absolute Gasteiger partial charge is 0.246 e. The summed E-state index contributed by atoms with van der Waals surface area (Å²) >= 11 is 0. The van der Waals surface area contributed by atoms with Crippen molar-refractivity contribution >= 4 is 68.3 Å². The monoisotopic (exact) mass is 1310 g/mol. The zero-order valence-electron chi connectivity index (χ0n) is 53.5. The van der Waals surface area contributed by atoms with Crippen molar-refractivity contribution in [3.8, 4) is 68.3 Å². The highest BCUT2D eigenvalue weighted by molar-refractivity contribution is 6.00. The first kappa shape index (κ1) is 64.1. The Kier molecular flexibility index (Phi) is 18.9. The molecule has 15 rings (SSSR count). The number of nitrogens with one attached hydrogen (secondary N) is 1. The van der Waals surface area contributed by atoms with Gasteiger partial charge in [-0.2, -0.15) is 15.3 Å². The van der Waals surface area contributed by atoms with Gasteiger partial charge in [0.05, 0.1) is 34.3 Å². The summed E-state index contributed by atoms with van der Waals surface area (Å²) in [6.07, 6.45) is 13.4. The van der Waals surface area contributed by atoms with Crippen molar-refractivity contribution in [3.05, 3.63) is 221 Å². The maximum absolute atomic E-state index is 12.0. The predicted molar refractivity (Wildman–Crippen MR) is 376 cm³/mol. The second kappa shape index (κ2) is 29.0. The number of carbonyl (C=O) groups excluding carboxylic acids is 3. The van der Waals surface area contributed by atoms with E-state index in [4.69, 9.17) is 46.7 Å². The highest BCUT2D eigenvalue weighted by atomic mass is 16.5. The van der Waals surface area contributed by atoms with Crippen LogP contribution >= 0.6 is 0 Å². The molecule has 6 aromatic carbocycles. The molecule has 98 heavy (non-hydrogen) atoms. The summed E-state index contributed by atoms with van der Waals surface area (Å²) in [5.41, 5.74) is 25.6. The molecule has 3 amide bonds. The van der Waals surface area contributed by atoms with Crippen LogP contribution in [-0.4, -0.2) is 119 Å². The van der Waals surface area contributed by atoms with Gasteiger partial charge < -0.3 is 46.5 Å². The lowest BCUT2D eigenvalue weighted by atomic mass is 9.91. The number of hydrogen-bond donors (Lipinski definition) is 4. The Hall–Kier alpha value is -12.6. The zero-order valence-corrected chi connectivity index (χ0v) is 53.5. The Balaban J connectivity index is 0.000000132. The van der Waals surface area contributed by atoms with Gasteiger partial charge in [-0.3, -0.25) is 14.4 Å². The maximum atomic E-state index is 12.0. The molecule has 2 unspecified atom stereocenters. The van der Waals surface area contributed by atoms with Crippen LogP contribution in [0.5, 0.6) is 34.5 Å². The lowest BCUT2D eigenvalue weighted by Gasteiger charge is -2.29. The molecule has 12 aromatic rings. The topological polar surface area (TPSA) is 306 Å². The van der Waals surface area contributed by atoms with Gasteiger partial charge in [-0.15, -0.1) is 0 Å². The molecule has 3 fully saturated rings. The van der Waals surface area contributed by atoms with Crippen molar-refractivity contribution in [2.45, 2.75) is 62.7 Å². The summed E-state index contributed by atoms with van der Waals surface area (Å²) in [6.45, 7) is 13.1. The van der Waals surface area contributed by atoms with Crippen molar-refractivity contribution < 1.29 is 28.6 Å². The Bertz CT molecular complexity index is 4640. The van der Waals surface area contributed by atoms with Gasteiger partial charge in [0, 0.05) is 48.9 Å². The standard InChI is InChI=1S/C26H26N6O2.2C24H22N6O2/c1-2-22(33)30-18-10-12-19(13-11-18)32-26-23(25(27)28-16-29-26)24(31-32)17-8-14-21(15-9-17)34-20-6-4-3-5-7-20;2*1-2-20(31)29-13-12-17(14-29)30-24-21(23(25)26-15-27-24)22(28-30)16-8-10-19(11-9-16)32-18-6-4-3-5-7-18/h2-9,14-16,18-19H,1,10-13H2,(H,30,33)(H2,27,28,29);2*2-11,15,17H,1,12-14H2,(H2,25,26,27). The number of aromatic nitrogens is 12. The Morgan fingerprint density at radius 1 is 0.398 bits per heavy atom. The summed E-state index contributed by atoms with van der Waals surface area (Å²) in [5, 5.41) is 19.8. The van der Waals surface area contributed by atoms with Crippen molar-refractivity contribution in [1.82, 2.24) is 74.4 Å². The van der Waals surface area contributed by atoms with Crippen molar-refractivity contribution in [2.75, 3.05) is 43.4 Å². The number of benzene rings is 6. The number of fused-ring (bicyclic) bond motifs is 3. The number of rotatable bonds is 16. The quantitative estimate of drug-likeness (QED) is 0.0653. The molecule has 2 atom stereocenters. The number of nitrogens with zero attached hydrogens (tertiary/aromatic N) is 14. The lowest BCUT2D eigenvalue weighted by Crippen LogP contribution is -2.37. The summed E-state index contributed by atoms with van der Waals surface area (Å²) in [4.78, 5) is 65.2. The number of likely N-dealkylation sites (tertiary alicyclic amines) is 2. The summed E-state index contributed by atoms with van der Waals surface area (Å²) in [6, 6.07) is 52.4. The van der Waals surface area contributed by atoms with Crippen LogP contribution in [0.2, 0.25) is 0 Å². The highest BCUT2D eigenvalue weighted by Crippen LogP contribution is 2.40. The second-order valence-electron chi connectivity index (χ2n) is 23.7. The molecule has 1 aliphatic carbocycles. The number of hydrogen-bond acceptors (Lipinski definition) is 18. The fraction of sp³-hybridized carbons (Fsp3) is 0.189. The number of nitrogens with two attached hydrogens (primary N) is 3. The normalized spacial score (nSPS) is 16.5. The van der Waals surface area contributed by atoms with Gasteiger partial charge in [-0.05, 0) is 166 Å². The summed E-state index contributed by atoms with van der Waals surface area (Å²) < 4.78 is 23.4. The largest absolute Gasteiger partial charge is 0.457 e. The number of nitrogen functional groups attached to an aromatic ring is 3. The molecule has 2 saturated heterocycles. The molecule has 7 N–H and O–H groups in total. The second-order valence-corrected chi connectivity index (χ2v) is 23.7. The van der Waals surface area contributed by atoms with E-state index in [1.54, 1.807) is 9.80 Å². The minimum Gasteiger partial charge on any atom is -0.457 e. The van der Waals surface area contributed by atoms with Gasteiger partial charge in [0.15, 0.2) is 16.9 Å². The zero-order chi connectivity index (χ0) is 67.7. The average Bonchev–Trinajstić information content (AvgIpc) is 1.62. The molecule has 0 radical (unpaired) electrons.